The van der Waals surface area contributed by atoms with Crippen LogP contribution in [0.3, 0.4) is 0 Å². The van der Waals surface area contributed by atoms with E-state index < -0.39 is 0 Å². The molecule has 1 amide bonds. The molecule has 0 aromatic heterocycles. The average molecular weight is 319 g/mol. The van der Waals surface area contributed by atoms with Gasteiger partial charge in [0.25, 0.3) is 0 Å². The zero-order chi connectivity index (χ0) is 14.7. The Morgan fingerprint density at radius 1 is 1.14 bits per heavy atom. The Labute approximate surface area is 138 Å². The molecule has 4 heteroatoms. The van der Waals surface area contributed by atoms with Crippen molar-refractivity contribution in [2.45, 2.75) is 19.4 Å². The molecule has 0 bridgehead atoms. The standard InChI is InChI=1S/C18H22N2O.ClH/c1-20(18(21)15-9-11-19-12-10-15)13-16-7-4-6-14-5-2-3-8-17(14)16;/h2-8,15,19H,9-13H2,1H3;1H. The molecule has 0 saturated carbocycles. The lowest BCUT2D eigenvalue weighted by atomic mass is 9.96. The van der Waals surface area contributed by atoms with Gasteiger partial charge in [-0.1, -0.05) is 42.5 Å². The van der Waals surface area contributed by atoms with E-state index in [1.54, 1.807) is 0 Å². The Morgan fingerprint density at radius 3 is 2.59 bits per heavy atom. The van der Waals surface area contributed by atoms with Crippen molar-refractivity contribution in [2.75, 3.05) is 20.1 Å². The molecule has 0 unspecified atom stereocenters. The topological polar surface area (TPSA) is 32.3 Å². The highest BCUT2D eigenvalue weighted by Gasteiger charge is 2.24. The lowest BCUT2D eigenvalue weighted by Gasteiger charge is -2.27. The van der Waals surface area contributed by atoms with Gasteiger partial charge in [-0.2, -0.15) is 0 Å². The number of hydrogen-bond acceptors (Lipinski definition) is 2. The first-order valence-electron chi connectivity index (χ1n) is 7.68. The van der Waals surface area contributed by atoms with Gasteiger partial charge < -0.3 is 10.2 Å². The van der Waals surface area contributed by atoms with Crippen LogP contribution in [0.1, 0.15) is 18.4 Å². The molecular weight excluding hydrogens is 296 g/mol. The van der Waals surface area contributed by atoms with Crippen LogP contribution in [0.5, 0.6) is 0 Å². The number of fused-ring (bicyclic) bond motifs is 1. The number of amides is 1. The molecule has 0 radical (unpaired) electrons. The van der Waals surface area contributed by atoms with Gasteiger partial charge in [0.2, 0.25) is 5.91 Å². The minimum Gasteiger partial charge on any atom is -0.341 e. The molecule has 2 aromatic rings. The van der Waals surface area contributed by atoms with Gasteiger partial charge in [0.05, 0.1) is 0 Å². The van der Waals surface area contributed by atoms with E-state index in [4.69, 9.17) is 0 Å². The normalized spacial score (nSPS) is 15.3. The first kappa shape index (κ1) is 16.8. The van der Waals surface area contributed by atoms with Crippen LogP contribution in [0.15, 0.2) is 42.5 Å². The van der Waals surface area contributed by atoms with Crippen LogP contribution < -0.4 is 5.32 Å². The average Bonchev–Trinajstić information content (AvgIpc) is 2.55. The number of carbonyl (C=O) groups excluding carboxylic acids is 1. The van der Waals surface area contributed by atoms with Crippen LogP contribution in [0.2, 0.25) is 0 Å². The van der Waals surface area contributed by atoms with Crippen molar-refractivity contribution in [3.05, 3.63) is 48.0 Å². The fraction of sp³-hybridized carbons (Fsp3) is 0.389. The third-order valence-corrected chi connectivity index (χ3v) is 4.35. The van der Waals surface area contributed by atoms with Crippen molar-refractivity contribution in [3.63, 3.8) is 0 Å². The molecule has 3 rings (SSSR count). The summed E-state index contributed by atoms with van der Waals surface area (Å²) in [7, 11) is 1.92. The fourth-order valence-electron chi connectivity index (χ4n) is 3.14. The maximum atomic E-state index is 12.5. The summed E-state index contributed by atoms with van der Waals surface area (Å²) in [6.07, 6.45) is 1.91. The van der Waals surface area contributed by atoms with Crippen LogP contribution in [-0.4, -0.2) is 30.9 Å². The van der Waals surface area contributed by atoms with Crippen molar-refractivity contribution in [2.24, 2.45) is 5.92 Å². The summed E-state index contributed by atoms with van der Waals surface area (Å²) in [4.78, 5) is 14.4. The van der Waals surface area contributed by atoms with Gasteiger partial charge in [-0.15, -0.1) is 12.4 Å². The summed E-state index contributed by atoms with van der Waals surface area (Å²) in [5.41, 5.74) is 1.22. The quantitative estimate of drug-likeness (QED) is 0.942. The van der Waals surface area contributed by atoms with Crippen LogP contribution in [0, 0.1) is 5.92 Å². The van der Waals surface area contributed by atoms with E-state index in [0.717, 1.165) is 25.9 Å². The van der Waals surface area contributed by atoms with Gasteiger partial charge in [-0.25, -0.2) is 0 Å². The molecule has 1 N–H and O–H groups in total. The van der Waals surface area contributed by atoms with E-state index >= 15 is 0 Å². The summed E-state index contributed by atoms with van der Waals surface area (Å²) in [6.45, 7) is 2.60. The number of piperidine rings is 1. The van der Waals surface area contributed by atoms with Crippen LogP contribution in [-0.2, 0) is 11.3 Å². The minimum absolute atomic E-state index is 0. The molecule has 3 nitrogen and oxygen atoms in total. The van der Waals surface area contributed by atoms with Crippen molar-refractivity contribution >= 4 is 29.1 Å². The molecule has 118 valence electrons. The number of halogens is 1. The third kappa shape index (κ3) is 3.60. The first-order chi connectivity index (χ1) is 10.3. The smallest absolute Gasteiger partial charge is 0.225 e. The molecule has 0 aliphatic carbocycles. The van der Waals surface area contributed by atoms with E-state index in [2.05, 4.69) is 47.8 Å². The van der Waals surface area contributed by atoms with Crippen molar-refractivity contribution in [1.29, 1.82) is 0 Å². The van der Waals surface area contributed by atoms with Crippen LogP contribution >= 0.6 is 12.4 Å². The number of benzene rings is 2. The Morgan fingerprint density at radius 2 is 1.82 bits per heavy atom. The highest BCUT2D eigenvalue weighted by Crippen LogP contribution is 2.21. The molecule has 0 spiro atoms. The maximum absolute atomic E-state index is 12.5. The van der Waals surface area contributed by atoms with Gasteiger partial charge >= 0.3 is 0 Å². The van der Waals surface area contributed by atoms with E-state index in [1.807, 2.05) is 11.9 Å². The number of rotatable bonds is 3. The number of nitrogens with zero attached hydrogens (tertiary/aromatic N) is 1. The van der Waals surface area contributed by atoms with Gasteiger partial charge in [-0.3, -0.25) is 4.79 Å². The number of carbonyl (C=O) groups is 1. The minimum atomic E-state index is 0. The molecule has 0 atom stereocenters. The highest BCUT2D eigenvalue weighted by molar-refractivity contribution is 5.86. The van der Waals surface area contributed by atoms with E-state index in [1.165, 1.54) is 16.3 Å². The molecular formula is C18H23ClN2O. The second kappa shape index (κ2) is 7.61. The van der Waals surface area contributed by atoms with Gasteiger partial charge in [0.15, 0.2) is 0 Å². The van der Waals surface area contributed by atoms with Gasteiger partial charge in [-0.05, 0) is 42.3 Å². The predicted octanol–water partition coefficient (Wildman–Crippen LogP) is 3.22. The molecule has 22 heavy (non-hydrogen) atoms. The lowest BCUT2D eigenvalue weighted by molar-refractivity contribution is -0.135. The summed E-state index contributed by atoms with van der Waals surface area (Å²) in [6, 6.07) is 14.7. The maximum Gasteiger partial charge on any atom is 0.225 e. The third-order valence-electron chi connectivity index (χ3n) is 4.35. The van der Waals surface area contributed by atoms with E-state index in [0.29, 0.717) is 6.54 Å². The lowest BCUT2D eigenvalue weighted by Crippen LogP contribution is -2.38. The molecule has 1 heterocycles. The zero-order valence-electron chi connectivity index (χ0n) is 12.9. The Kier molecular flexibility index (Phi) is 5.81. The van der Waals surface area contributed by atoms with E-state index in [-0.39, 0.29) is 24.2 Å². The SMILES string of the molecule is CN(Cc1cccc2ccccc12)C(=O)C1CCNCC1.Cl. The Balaban J connectivity index is 0.00000176. The number of nitrogens with one attached hydrogen (secondary N) is 1. The molecule has 1 saturated heterocycles. The van der Waals surface area contributed by atoms with E-state index in [9.17, 15) is 4.79 Å². The Bertz CT molecular complexity index is 633. The summed E-state index contributed by atoms with van der Waals surface area (Å²) in [5, 5.41) is 5.79. The van der Waals surface area contributed by atoms with Gasteiger partial charge in [0.1, 0.15) is 0 Å². The van der Waals surface area contributed by atoms with Crippen molar-refractivity contribution in [3.8, 4) is 0 Å². The largest absolute Gasteiger partial charge is 0.341 e. The summed E-state index contributed by atoms with van der Waals surface area (Å²) in [5.74, 6) is 0.468. The van der Waals surface area contributed by atoms with Gasteiger partial charge in [0, 0.05) is 19.5 Å². The van der Waals surface area contributed by atoms with Crippen molar-refractivity contribution < 1.29 is 4.79 Å². The van der Waals surface area contributed by atoms with Crippen molar-refractivity contribution in [1.82, 2.24) is 10.2 Å². The number of hydrogen-bond donors (Lipinski definition) is 1. The fourth-order valence-corrected chi connectivity index (χ4v) is 3.14. The monoisotopic (exact) mass is 318 g/mol. The van der Waals surface area contributed by atoms with Crippen LogP contribution in [0.4, 0.5) is 0 Å². The zero-order valence-corrected chi connectivity index (χ0v) is 13.7. The molecule has 1 fully saturated rings. The molecule has 1 aliphatic heterocycles. The first-order valence-corrected chi connectivity index (χ1v) is 7.68. The summed E-state index contributed by atoms with van der Waals surface area (Å²) < 4.78 is 0. The molecule has 1 aliphatic rings. The predicted molar refractivity (Wildman–Crippen MR) is 93.3 cm³/mol. The second-order valence-corrected chi connectivity index (χ2v) is 5.86. The molecule has 2 aromatic carbocycles. The van der Waals surface area contributed by atoms with Crippen LogP contribution in [0.25, 0.3) is 10.8 Å². The Hall–Kier alpha value is -1.58. The highest BCUT2D eigenvalue weighted by atomic mass is 35.5. The second-order valence-electron chi connectivity index (χ2n) is 5.86. The summed E-state index contributed by atoms with van der Waals surface area (Å²) >= 11 is 0.